The maximum atomic E-state index is 13.3. The highest BCUT2D eigenvalue weighted by atomic mass is 19.3. The number of rotatable bonds is 8. The molecule has 5 rings (SSSR count). The van der Waals surface area contributed by atoms with Crippen molar-refractivity contribution in [3.05, 3.63) is 99.2 Å². The molecule has 1 aliphatic rings. The number of nitrogens with one attached hydrogen (secondary N) is 1. The molecule has 10 heteroatoms. The zero-order valence-corrected chi connectivity index (χ0v) is 21.9. The maximum absolute atomic E-state index is 13.3. The first-order valence-corrected chi connectivity index (χ1v) is 12.8. The third-order valence-electron chi connectivity index (χ3n) is 6.84. The number of carboxylic acid groups (broad SMARTS) is 1. The maximum Gasteiger partial charge on any atom is 0.387 e. The number of carbonyl (C=O) groups is 1. The summed E-state index contributed by atoms with van der Waals surface area (Å²) in [5, 5.41) is 13.3. The monoisotopic (exact) mass is 550 g/mol. The van der Waals surface area contributed by atoms with Crippen molar-refractivity contribution in [2.75, 3.05) is 29.9 Å². The Morgan fingerprint density at radius 1 is 1.12 bits per heavy atom. The van der Waals surface area contributed by atoms with Gasteiger partial charge in [-0.05, 0) is 55.3 Å². The van der Waals surface area contributed by atoms with E-state index in [0.717, 1.165) is 11.1 Å². The molecule has 0 amide bonds. The Bertz CT molecular complexity index is 1590. The van der Waals surface area contributed by atoms with Gasteiger partial charge in [0, 0.05) is 23.9 Å². The van der Waals surface area contributed by atoms with E-state index in [4.69, 9.17) is 9.15 Å². The van der Waals surface area contributed by atoms with Gasteiger partial charge in [-0.1, -0.05) is 30.3 Å². The second-order valence-corrected chi connectivity index (χ2v) is 9.65. The van der Waals surface area contributed by atoms with E-state index >= 15 is 0 Å². The molecule has 8 nitrogen and oxygen atoms in total. The first-order valence-electron chi connectivity index (χ1n) is 12.8. The molecule has 4 aromatic rings. The van der Waals surface area contributed by atoms with Crippen LogP contribution in [0.1, 0.15) is 46.1 Å². The number of fused-ring (bicyclic) bond motifs is 1. The van der Waals surface area contributed by atoms with Crippen LogP contribution in [0.25, 0.3) is 11.0 Å². The molecular weight excluding hydrogens is 522 g/mol. The Labute approximate surface area is 228 Å². The van der Waals surface area contributed by atoms with E-state index in [0.29, 0.717) is 47.8 Å². The van der Waals surface area contributed by atoms with Gasteiger partial charge in [0.05, 0.1) is 30.1 Å². The number of aryl methyl sites for hydroxylation is 1. The minimum absolute atomic E-state index is 0.0588. The number of para-hydroxylation sites is 1. The lowest BCUT2D eigenvalue weighted by atomic mass is 10.0. The van der Waals surface area contributed by atoms with Crippen molar-refractivity contribution in [1.29, 1.82) is 0 Å². The molecule has 1 fully saturated rings. The van der Waals surface area contributed by atoms with Crippen molar-refractivity contribution in [3.8, 4) is 5.75 Å². The molecule has 1 saturated heterocycles. The van der Waals surface area contributed by atoms with E-state index in [2.05, 4.69) is 10.1 Å². The van der Waals surface area contributed by atoms with Gasteiger partial charge in [-0.15, -0.1) is 0 Å². The number of morpholine rings is 1. The van der Waals surface area contributed by atoms with E-state index in [1.54, 1.807) is 36.4 Å². The largest absolute Gasteiger partial charge is 0.478 e. The summed E-state index contributed by atoms with van der Waals surface area (Å²) in [5.74, 6) is -0.605. The molecule has 2 unspecified atom stereocenters. The highest BCUT2D eigenvalue weighted by Gasteiger charge is 2.26. The van der Waals surface area contributed by atoms with Gasteiger partial charge < -0.3 is 29.2 Å². The zero-order valence-electron chi connectivity index (χ0n) is 21.9. The van der Waals surface area contributed by atoms with Crippen molar-refractivity contribution < 1.29 is 32.6 Å². The highest BCUT2D eigenvalue weighted by molar-refractivity contribution is 5.94. The number of anilines is 2. The van der Waals surface area contributed by atoms with Crippen molar-refractivity contribution in [3.63, 3.8) is 0 Å². The second-order valence-electron chi connectivity index (χ2n) is 9.65. The van der Waals surface area contributed by atoms with Crippen LogP contribution in [0.2, 0.25) is 0 Å². The van der Waals surface area contributed by atoms with Gasteiger partial charge in [0.2, 0.25) is 0 Å². The predicted octanol–water partition coefficient (Wildman–Crippen LogP) is 6.15. The summed E-state index contributed by atoms with van der Waals surface area (Å²) in [7, 11) is 0. The summed E-state index contributed by atoms with van der Waals surface area (Å²) in [6, 6.07) is 17.7. The van der Waals surface area contributed by atoms with E-state index in [-0.39, 0.29) is 28.9 Å². The summed E-state index contributed by atoms with van der Waals surface area (Å²) >= 11 is 0. The molecule has 0 radical (unpaired) electrons. The van der Waals surface area contributed by atoms with Gasteiger partial charge in [0.1, 0.15) is 17.4 Å². The minimum Gasteiger partial charge on any atom is -0.478 e. The Balaban J connectivity index is 1.45. The van der Waals surface area contributed by atoms with Gasteiger partial charge >= 0.3 is 12.6 Å². The molecule has 0 bridgehead atoms. The van der Waals surface area contributed by atoms with Crippen molar-refractivity contribution in [1.82, 2.24) is 0 Å². The average Bonchev–Trinajstić information content (AvgIpc) is 2.93. The fraction of sp³-hybridized carbons (Fsp3) is 0.267. The second kappa shape index (κ2) is 11.4. The van der Waals surface area contributed by atoms with E-state index in [9.17, 15) is 23.5 Å². The van der Waals surface area contributed by atoms with E-state index in [1.807, 2.05) is 24.8 Å². The van der Waals surface area contributed by atoms with Crippen LogP contribution in [0.4, 0.5) is 20.4 Å². The predicted molar refractivity (Wildman–Crippen MR) is 147 cm³/mol. The standard InChI is InChI=1S/C30H28F2N2O6/c1-17-13-22(18(2)33-24-6-4-3-5-21(24)29(36)37)28-23(14-17)25(35)15-27(40-28)34-11-12-38-26(16-34)19-7-9-20(10-8-19)39-30(31)32/h3-10,13-15,18,26,30,33H,11-12,16H2,1-2H3,(H,36,37). The lowest BCUT2D eigenvalue weighted by Crippen LogP contribution is -2.38. The first-order chi connectivity index (χ1) is 19.2. The number of carboxylic acids is 1. The van der Waals surface area contributed by atoms with E-state index < -0.39 is 12.6 Å². The normalized spacial score (nSPS) is 16.2. The summed E-state index contributed by atoms with van der Waals surface area (Å²) in [5.41, 5.74) is 3.18. The minimum atomic E-state index is -2.90. The fourth-order valence-corrected chi connectivity index (χ4v) is 4.92. The topological polar surface area (TPSA) is 101 Å². The Hall–Kier alpha value is -4.44. The van der Waals surface area contributed by atoms with Crippen LogP contribution in [0, 0.1) is 6.92 Å². The highest BCUT2D eigenvalue weighted by Crippen LogP contribution is 2.33. The van der Waals surface area contributed by atoms with Crippen molar-refractivity contribution in [2.45, 2.75) is 32.6 Å². The van der Waals surface area contributed by atoms with E-state index in [1.165, 1.54) is 24.3 Å². The van der Waals surface area contributed by atoms with Crippen LogP contribution in [-0.4, -0.2) is 37.4 Å². The van der Waals surface area contributed by atoms with Crippen LogP contribution >= 0.6 is 0 Å². The summed E-state index contributed by atoms with van der Waals surface area (Å²) in [6.45, 7) is 2.10. The molecule has 1 aliphatic heterocycles. The third kappa shape index (κ3) is 5.76. The van der Waals surface area contributed by atoms with Crippen molar-refractivity contribution >= 4 is 28.5 Å². The zero-order chi connectivity index (χ0) is 28.4. The smallest absolute Gasteiger partial charge is 0.387 e. The number of aromatic carboxylic acids is 1. The summed E-state index contributed by atoms with van der Waals surface area (Å²) in [6.07, 6.45) is -0.374. The number of hydrogen-bond acceptors (Lipinski definition) is 7. The molecular formula is C30H28F2N2O6. The van der Waals surface area contributed by atoms with Gasteiger partial charge in [-0.3, -0.25) is 4.79 Å². The van der Waals surface area contributed by atoms with Gasteiger partial charge in [-0.25, -0.2) is 4.79 Å². The third-order valence-corrected chi connectivity index (χ3v) is 6.84. The molecule has 0 spiro atoms. The van der Waals surface area contributed by atoms with Crippen LogP contribution in [0.15, 0.2) is 75.9 Å². The summed E-state index contributed by atoms with van der Waals surface area (Å²) < 4.78 is 41.7. The summed E-state index contributed by atoms with van der Waals surface area (Å²) in [4.78, 5) is 26.9. The SMILES string of the molecule is Cc1cc(C(C)Nc2ccccc2C(=O)O)c2oc(N3CCOC(c4ccc(OC(F)F)cc4)C3)cc(=O)c2c1. The molecule has 2 atom stereocenters. The number of benzene rings is 3. The number of ether oxygens (including phenoxy) is 2. The van der Waals surface area contributed by atoms with Crippen LogP contribution in [-0.2, 0) is 4.74 Å². The van der Waals surface area contributed by atoms with Crippen LogP contribution < -0.4 is 20.4 Å². The quantitative estimate of drug-likeness (QED) is 0.269. The Kier molecular flexibility index (Phi) is 7.70. The molecule has 208 valence electrons. The molecule has 0 aliphatic carbocycles. The average molecular weight is 551 g/mol. The lowest BCUT2D eigenvalue weighted by molar-refractivity contribution is -0.0499. The molecule has 0 saturated carbocycles. The van der Waals surface area contributed by atoms with Crippen molar-refractivity contribution in [2.24, 2.45) is 0 Å². The molecule has 3 aromatic carbocycles. The molecule has 1 aromatic heterocycles. The fourth-order valence-electron chi connectivity index (χ4n) is 4.92. The van der Waals surface area contributed by atoms with Crippen LogP contribution in [0.5, 0.6) is 5.75 Å². The number of halogens is 2. The number of nitrogens with zero attached hydrogens (tertiary/aromatic N) is 1. The van der Waals surface area contributed by atoms with Crippen LogP contribution in [0.3, 0.4) is 0 Å². The lowest BCUT2D eigenvalue weighted by Gasteiger charge is -2.33. The molecule has 2 N–H and O–H groups in total. The Morgan fingerprint density at radius 3 is 2.60 bits per heavy atom. The van der Waals surface area contributed by atoms with Gasteiger partial charge in [0.25, 0.3) is 0 Å². The number of alkyl halides is 2. The van der Waals surface area contributed by atoms with Gasteiger partial charge in [-0.2, -0.15) is 8.78 Å². The molecule has 2 heterocycles. The van der Waals surface area contributed by atoms with Gasteiger partial charge in [0.15, 0.2) is 11.3 Å². The molecule has 40 heavy (non-hydrogen) atoms. The first kappa shape index (κ1) is 27.1. The Morgan fingerprint density at radius 2 is 1.88 bits per heavy atom. The number of hydrogen-bond donors (Lipinski definition) is 2.